The van der Waals surface area contributed by atoms with Crippen LogP contribution in [0.15, 0.2) is 30.3 Å². The van der Waals surface area contributed by atoms with E-state index in [-0.39, 0.29) is 12.5 Å². The molecule has 0 spiro atoms. The summed E-state index contributed by atoms with van der Waals surface area (Å²) in [5, 5.41) is 7.45. The molecule has 0 amide bonds. The van der Waals surface area contributed by atoms with E-state index in [1.165, 1.54) is 4.68 Å². The monoisotopic (exact) mass is 293 g/mol. The third kappa shape index (κ3) is 2.46. The van der Waals surface area contributed by atoms with Crippen LogP contribution in [-0.4, -0.2) is 23.3 Å². The molecule has 21 heavy (non-hydrogen) atoms. The molecule has 3 rings (SSSR count). The second kappa shape index (κ2) is 5.35. The second-order valence-corrected chi connectivity index (χ2v) is 5.19. The lowest BCUT2D eigenvalue weighted by molar-refractivity contribution is 0.0655. The van der Waals surface area contributed by atoms with Crippen molar-refractivity contribution < 1.29 is 13.5 Å². The molecule has 2 aromatic rings. The summed E-state index contributed by atoms with van der Waals surface area (Å²) in [6.45, 7) is 1.80. The molecule has 1 N–H and O–H groups in total. The Morgan fingerprint density at radius 2 is 2.14 bits per heavy atom. The van der Waals surface area contributed by atoms with Crippen LogP contribution in [0.25, 0.3) is 0 Å². The van der Waals surface area contributed by atoms with E-state index in [1.54, 1.807) is 20.1 Å². The summed E-state index contributed by atoms with van der Waals surface area (Å²) in [6, 6.07) is 8.13. The Morgan fingerprint density at radius 3 is 2.86 bits per heavy atom. The Labute approximate surface area is 121 Å². The maximum Gasteiger partial charge on any atom is 0.260 e. The Kier molecular flexibility index (Phi) is 3.53. The van der Waals surface area contributed by atoms with Gasteiger partial charge < -0.3 is 10.1 Å². The van der Waals surface area contributed by atoms with Crippen molar-refractivity contribution in [2.75, 3.05) is 12.4 Å². The average Bonchev–Trinajstić information content (AvgIpc) is 2.85. The molecule has 6 heteroatoms. The molecule has 2 heterocycles. The highest BCUT2D eigenvalue weighted by Crippen LogP contribution is 2.40. The summed E-state index contributed by atoms with van der Waals surface area (Å²) >= 11 is 0. The normalized spacial score (nSPS) is 21.0. The van der Waals surface area contributed by atoms with E-state index >= 15 is 0 Å². The molecule has 1 aromatic carbocycles. The Bertz CT molecular complexity index is 642. The number of halogens is 2. The fourth-order valence-corrected chi connectivity index (χ4v) is 2.82. The molecule has 0 unspecified atom stereocenters. The van der Waals surface area contributed by atoms with Gasteiger partial charge in [0.05, 0.1) is 18.8 Å². The number of rotatable bonds is 3. The number of fused-ring (bicyclic) bond motifs is 1. The second-order valence-electron chi connectivity index (χ2n) is 5.19. The standard InChI is InChI=1S/C15H17F2N3O/c1-9-7-14-18-11(8-12(15(16)17)20(14)19-9)10-5-3-4-6-13(10)21-2/h3-7,11-12,15,18H,8H2,1-2H3/t11-,12+/m1/s1. The lowest BCUT2D eigenvalue weighted by Gasteiger charge is -2.32. The summed E-state index contributed by atoms with van der Waals surface area (Å²) < 4.78 is 33.5. The topological polar surface area (TPSA) is 39.1 Å². The van der Waals surface area contributed by atoms with E-state index in [4.69, 9.17) is 4.74 Å². The minimum Gasteiger partial charge on any atom is -0.496 e. The van der Waals surface area contributed by atoms with E-state index in [9.17, 15) is 8.78 Å². The number of anilines is 1. The largest absolute Gasteiger partial charge is 0.496 e. The fraction of sp³-hybridized carbons (Fsp3) is 0.400. The van der Waals surface area contributed by atoms with Crippen LogP contribution in [0.3, 0.4) is 0 Å². The molecule has 1 aliphatic rings. The summed E-state index contributed by atoms with van der Waals surface area (Å²) in [4.78, 5) is 0. The van der Waals surface area contributed by atoms with E-state index < -0.39 is 12.5 Å². The average molecular weight is 293 g/mol. The van der Waals surface area contributed by atoms with Gasteiger partial charge in [0.2, 0.25) is 0 Å². The number of aromatic nitrogens is 2. The van der Waals surface area contributed by atoms with Crippen molar-refractivity contribution in [1.29, 1.82) is 0 Å². The summed E-state index contributed by atoms with van der Waals surface area (Å²) in [7, 11) is 1.58. The first-order valence-electron chi connectivity index (χ1n) is 6.84. The number of nitrogens with one attached hydrogen (secondary N) is 1. The molecule has 1 aliphatic heterocycles. The van der Waals surface area contributed by atoms with Crippen LogP contribution < -0.4 is 10.1 Å². The number of aryl methyl sites for hydroxylation is 1. The highest BCUT2D eigenvalue weighted by atomic mass is 19.3. The first-order chi connectivity index (χ1) is 10.1. The lowest BCUT2D eigenvalue weighted by Crippen LogP contribution is -2.31. The van der Waals surface area contributed by atoms with Gasteiger partial charge in [0.1, 0.15) is 17.6 Å². The Balaban J connectivity index is 2.00. The molecular weight excluding hydrogens is 276 g/mol. The molecular formula is C15H17F2N3O. The maximum atomic E-state index is 13.4. The van der Waals surface area contributed by atoms with E-state index in [2.05, 4.69) is 10.4 Å². The number of nitrogens with zero attached hydrogens (tertiary/aromatic N) is 2. The van der Waals surface area contributed by atoms with Gasteiger partial charge in [0, 0.05) is 11.6 Å². The van der Waals surface area contributed by atoms with Gasteiger partial charge in [-0.3, -0.25) is 0 Å². The molecule has 0 radical (unpaired) electrons. The molecule has 4 nitrogen and oxygen atoms in total. The summed E-state index contributed by atoms with van der Waals surface area (Å²) in [6.07, 6.45) is -2.19. The van der Waals surface area contributed by atoms with Crippen molar-refractivity contribution in [3.05, 3.63) is 41.6 Å². The number of hydrogen-bond donors (Lipinski definition) is 1. The van der Waals surface area contributed by atoms with Crippen LogP contribution in [0.2, 0.25) is 0 Å². The van der Waals surface area contributed by atoms with Crippen molar-refractivity contribution in [3.63, 3.8) is 0 Å². The van der Waals surface area contributed by atoms with Gasteiger partial charge in [-0.25, -0.2) is 13.5 Å². The van der Waals surface area contributed by atoms with Crippen LogP contribution in [-0.2, 0) is 0 Å². The van der Waals surface area contributed by atoms with Gasteiger partial charge in [0.15, 0.2) is 0 Å². The van der Waals surface area contributed by atoms with Crippen LogP contribution in [0, 0.1) is 6.92 Å². The summed E-state index contributed by atoms with van der Waals surface area (Å²) in [5.74, 6) is 1.33. The smallest absolute Gasteiger partial charge is 0.260 e. The molecule has 1 aromatic heterocycles. The zero-order valence-corrected chi connectivity index (χ0v) is 11.9. The third-order valence-corrected chi connectivity index (χ3v) is 3.78. The number of benzene rings is 1. The molecule has 0 bridgehead atoms. The minimum atomic E-state index is -2.46. The molecule has 0 aliphatic carbocycles. The van der Waals surface area contributed by atoms with Crippen molar-refractivity contribution >= 4 is 5.82 Å². The van der Waals surface area contributed by atoms with Gasteiger partial charge in [-0.05, 0) is 19.4 Å². The highest BCUT2D eigenvalue weighted by molar-refractivity contribution is 5.46. The van der Waals surface area contributed by atoms with Crippen LogP contribution in [0.4, 0.5) is 14.6 Å². The van der Waals surface area contributed by atoms with E-state index in [0.717, 1.165) is 11.3 Å². The van der Waals surface area contributed by atoms with E-state index in [1.807, 2.05) is 24.3 Å². The fourth-order valence-electron chi connectivity index (χ4n) is 2.82. The van der Waals surface area contributed by atoms with Crippen molar-refractivity contribution in [2.24, 2.45) is 0 Å². The van der Waals surface area contributed by atoms with E-state index in [0.29, 0.717) is 11.6 Å². The van der Waals surface area contributed by atoms with Crippen LogP contribution in [0.5, 0.6) is 5.75 Å². The third-order valence-electron chi connectivity index (χ3n) is 3.78. The highest BCUT2D eigenvalue weighted by Gasteiger charge is 2.35. The predicted molar refractivity (Wildman–Crippen MR) is 76.0 cm³/mol. The van der Waals surface area contributed by atoms with Crippen molar-refractivity contribution in [1.82, 2.24) is 9.78 Å². The quantitative estimate of drug-likeness (QED) is 0.940. The molecule has 0 saturated carbocycles. The predicted octanol–water partition coefficient (Wildman–Crippen LogP) is 3.56. The minimum absolute atomic E-state index is 0.219. The first kappa shape index (κ1) is 13.9. The number of ether oxygens (including phenoxy) is 1. The zero-order valence-electron chi connectivity index (χ0n) is 11.9. The Morgan fingerprint density at radius 1 is 1.38 bits per heavy atom. The molecule has 112 valence electrons. The molecule has 2 atom stereocenters. The van der Waals surface area contributed by atoms with Gasteiger partial charge in [-0.2, -0.15) is 5.10 Å². The lowest BCUT2D eigenvalue weighted by atomic mass is 9.96. The van der Waals surface area contributed by atoms with Crippen molar-refractivity contribution in [2.45, 2.75) is 31.9 Å². The zero-order chi connectivity index (χ0) is 15.0. The number of para-hydroxylation sites is 1. The van der Waals surface area contributed by atoms with Crippen molar-refractivity contribution in [3.8, 4) is 5.75 Å². The Hall–Kier alpha value is -2.11. The van der Waals surface area contributed by atoms with Gasteiger partial charge in [-0.1, -0.05) is 18.2 Å². The number of hydrogen-bond acceptors (Lipinski definition) is 3. The van der Waals surface area contributed by atoms with Gasteiger partial charge in [-0.15, -0.1) is 0 Å². The molecule has 0 saturated heterocycles. The van der Waals surface area contributed by atoms with Crippen LogP contribution in [0.1, 0.15) is 29.8 Å². The van der Waals surface area contributed by atoms with Crippen LogP contribution >= 0.6 is 0 Å². The number of alkyl halides is 2. The number of methoxy groups -OCH3 is 1. The SMILES string of the molecule is COc1ccccc1[C@H]1C[C@@H](C(F)F)n2nc(C)cc2N1. The summed E-state index contributed by atoms with van der Waals surface area (Å²) in [5.41, 5.74) is 1.61. The molecule has 0 fully saturated rings. The van der Waals surface area contributed by atoms with Gasteiger partial charge >= 0.3 is 0 Å². The van der Waals surface area contributed by atoms with Gasteiger partial charge in [0.25, 0.3) is 6.43 Å². The first-order valence-corrected chi connectivity index (χ1v) is 6.84. The maximum absolute atomic E-state index is 13.4.